The van der Waals surface area contributed by atoms with E-state index in [-0.39, 0.29) is 17.7 Å². The molecule has 9 heteroatoms. The van der Waals surface area contributed by atoms with Gasteiger partial charge in [-0.2, -0.15) is 0 Å². The number of thiazole rings is 1. The number of rotatable bonds is 6. The van der Waals surface area contributed by atoms with Crippen molar-refractivity contribution in [2.45, 2.75) is 13.5 Å². The minimum Gasteiger partial charge on any atom is -0.493 e. The summed E-state index contributed by atoms with van der Waals surface area (Å²) in [6.07, 6.45) is 1.72. The summed E-state index contributed by atoms with van der Waals surface area (Å²) >= 11 is 1.39. The lowest BCUT2D eigenvalue weighted by Gasteiger charge is -2.13. The summed E-state index contributed by atoms with van der Waals surface area (Å²) in [5, 5.41) is 0. The maximum absolute atomic E-state index is 12.4. The van der Waals surface area contributed by atoms with Gasteiger partial charge in [-0.25, -0.2) is 9.78 Å². The lowest BCUT2D eigenvalue weighted by molar-refractivity contribution is 0.0467. The molecule has 0 aliphatic heterocycles. The number of ether oxygens (including phenoxy) is 4. The van der Waals surface area contributed by atoms with E-state index in [2.05, 4.69) is 4.98 Å². The molecule has 3 rings (SSSR count). The van der Waals surface area contributed by atoms with Gasteiger partial charge >= 0.3 is 5.97 Å². The number of nitrogens with zero attached hydrogens (tertiary/aromatic N) is 2. The highest BCUT2D eigenvalue weighted by Crippen LogP contribution is 2.38. The summed E-state index contributed by atoms with van der Waals surface area (Å²) in [7, 11) is 4.40. The molecule has 0 N–H and O–H groups in total. The number of benzene rings is 1. The van der Waals surface area contributed by atoms with Crippen LogP contribution in [0.25, 0.3) is 4.96 Å². The molecule has 0 aliphatic carbocycles. The number of hydrogen-bond acceptors (Lipinski definition) is 8. The summed E-state index contributed by atoms with van der Waals surface area (Å²) in [4.78, 5) is 30.4. The van der Waals surface area contributed by atoms with E-state index < -0.39 is 5.97 Å². The SMILES string of the molecule is COc1cc(C(=O)OCc2cc(=O)n3cc(C)sc3n2)cc(OC)c1OC. The lowest BCUT2D eigenvalue weighted by atomic mass is 10.2. The quantitative estimate of drug-likeness (QED) is 0.597. The Morgan fingerprint density at radius 1 is 1.11 bits per heavy atom. The fourth-order valence-electron chi connectivity index (χ4n) is 2.55. The molecular weight excluding hydrogens is 372 g/mol. The van der Waals surface area contributed by atoms with Gasteiger partial charge < -0.3 is 18.9 Å². The van der Waals surface area contributed by atoms with E-state index in [9.17, 15) is 9.59 Å². The van der Waals surface area contributed by atoms with Crippen molar-refractivity contribution in [1.29, 1.82) is 0 Å². The number of fused-ring (bicyclic) bond motifs is 1. The summed E-state index contributed by atoms with van der Waals surface area (Å²) in [6, 6.07) is 4.34. The number of aryl methyl sites for hydroxylation is 1. The van der Waals surface area contributed by atoms with Gasteiger partial charge in [0.1, 0.15) is 6.61 Å². The number of carbonyl (C=O) groups excluding carboxylic acids is 1. The molecule has 0 saturated carbocycles. The second kappa shape index (κ2) is 7.67. The molecule has 0 atom stereocenters. The molecule has 0 spiro atoms. The topological polar surface area (TPSA) is 88.4 Å². The molecule has 3 aromatic rings. The van der Waals surface area contributed by atoms with Gasteiger partial charge in [-0.05, 0) is 19.1 Å². The Balaban J connectivity index is 1.83. The first-order valence-corrected chi connectivity index (χ1v) is 8.74. The Morgan fingerprint density at radius 3 is 2.37 bits per heavy atom. The number of hydrogen-bond donors (Lipinski definition) is 0. The lowest BCUT2D eigenvalue weighted by Crippen LogP contribution is -2.15. The van der Waals surface area contributed by atoms with Crippen LogP contribution in [0.4, 0.5) is 0 Å². The number of carbonyl (C=O) groups is 1. The average Bonchev–Trinajstić information content (AvgIpc) is 3.05. The molecule has 0 radical (unpaired) electrons. The van der Waals surface area contributed by atoms with Crippen LogP contribution >= 0.6 is 11.3 Å². The Bertz CT molecular complexity index is 1030. The van der Waals surface area contributed by atoms with E-state index in [4.69, 9.17) is 18.9 Å². The molecular formula is C18H18N2O6S. The normalized spacial score (nSPS) is 10.7. The average molecular weight is 390 g/mol. The molecule has 0 bridgehead atoms. The largest absolute Gasteiger partial charge is 0.493 e. The minimum atomic E-state index is -0.599. The van der Waals surface area contributed by atoms with Gasteiger partial charge in [-0.3, -0.25) is 9.20 Å². The third kappa shape index (κ3) is 3.72. The van der Waals surface area contributed by atoms with Gasteiger partial charge in [0.25, 0.3) is 5.56 Å². The first-order valence-electron chi connectivity index (χ1n) is 7.92. The fourth-order valence-corrected chi connectivity index (χ4v) is 3.40. The summed E-state index contributed by atoms with van der Waals surface area (Å²) < 4.78 is 22.5. The Kier molecular flexibility index (Phi) is 5.31. The summed E-state index contributed by atoms with van der Waals surface area (Å²) in [5.41, 5.74) is 0.389. The molecule has 2 aromatic heterocycles. The predicted molar refractivity (Wildman–Crippen MR) is 99.3 cm³/mol. The van der Waals surface area contributed by atoms with Crippen molar-refractivity contribution >= 4 is 22.3 Å². The highest BCUT2D eigenvalue weighted by Gasteiger charge is 2.18. The fraction of sp³-hybridized carbons (Fsp3) is 0.278. The van der Waals surface area contributed by atoms with Gasteiger partial charge in [-0.1, -0.05) is 0 Å². The van der Waals surface area contributed by atoms with Gasteiger partial charge in [-0.15, -0.1) is 11.3 Å². The van der Waals surface area contributed by atoms with Crippen LogP contribution in [0, 0.1) is 6.92 Å². The molecule has 2 heterocycles. The third-order valence-corrected chi connectivity index (χ3v) is 4.69. The van der Waals surface area contributed by atoms with Gasteiger partial charge in [0.05, 0.1) is 32.6 Å². The van der Waals surface area contributed by atoms with Crippen molar-refractivity contribution in [1.82, 2.24) is 9.38 Å². The molecule has 0 unspecified atom stereocenters. The van der Waals surface area contributed by atoms with E-state index in [0.717, 1.165) is 4.88 Å². The molecule has 0 aliphatic rings. The van der Waals surface area contributed by atoms with Crippen molar-refractivity contribution < 1.29 is 23.7 Å². The van der Waals surface area contributed by atoms with Crippen molar-refractivity contribution in [2.24, 2.45) is 0 Å². The Labute approximate surface area is 158 Å². The van der Waals surface area contributed by atoms with Crippen LogP contribution in [-0.4, -0.2) is 36.7 Å². The van der Waals surface area contributed by atoms with Crippen molar-refractivity contribution in [3.63, 3.8) is 0 Å². The van der Waals surface area contributed by atoms with Crippen LogP contribution in [0.3, 0.4) is 0 Å². The molecule has 1 aromatic carbocycles. The molecule has 0 fully saturated rings. The number of esters is 1. The highest BCUT2D eigenvalue weighted by molar-refractivity contribution is 7.16. The second-order valence-corrected chi connectivity index (χ2v) is 6.78. The standard InChI is InChI=1S/C18H18N2O6S/c1-10-8-20-15(21)7-12(19-18(20)27-10)9-26-17(22)11-5-13(23-2)16(25-4)14(6-11)24-3/h5-8H,9H2,1-4H3. The van der Waals surface area contributed by atoms with Crippen LogP contribution in [-0.2, 0) is 11.3 Å². The first kappa shape index (κ1) is 18.7. The zero-order valence-corrected chi connectivity index (χ0v) is 16.1. The molecule has 27 heavy (non-hydrogen) atoms. The molecule has 0 saturated heterocycles. The van der Waals surface area contributed by atoms with Crippen molar-refractivity contribution in [3.8, 4) is 17.2 Å². The maximum atomic E-state index is 12.4. The van der Waals surface area contributed by atoms with Gasteiger partial charge in [0.15, 0.2) is 16.5 Å². The number of methoxy groups -OCH3 is 3. The van der Waals surface area contributed by atoms with E-state index >= 15 is 0 Å². The Hall–Kier alpha value is -3.07. The minimum absolute atomic E-state index is 0.127. The van der Waals surface area contributed by atoms with E-state index in [1.54, 1.807) is 6.20 Å². The van der Waals surface area contributed by atoms with Crippen LogP contribution in [0.15, 0.2) is 29.2 Å². The highest BCUT2D eigenvalue weighted by atomic mass is 32.1. The van der Waals surface area contributed by atoms with Crippen molar-refractivity contribution in [3.05, 3.63) is 50.9 Å². The third-order valence-electron chi connectivity index (χ3n) is 3.79. The van der Waals surface area contributed by atoms with Crippen LogP contribution in [0.1, 0.15) is 20.9 Å². The Morgan fingerprint density at radius 2 is 1.78 bits per heavy atom. The van der Waals surface area contributed by atoms with E-state index in [1.807, 2.05) is 6.92 Å². The molecule has 0 amide bonds. The smallest absolute Gasteiger partial charge is 0.338 e. The van der Waals surface area contributed by atoms with E-state index in [0.29, 0.717) is 27.9 Å². The zero-order chi connectivity index (χ0) is 19.6. The van der Waals surface area contributed by atoms with Crippen LogP contribution < -0.4 is 19.8 Å². The van der Waals surface area contributed by atoms with Gasteiger partial charge in [0.2, 0.25) is 5.75 Å². The van der Waals surface area contributed by atoms with Gasteiger partial charge in [0, 0.05) is 17.1 Å². The summed E-state index contributed by atoms with van der Waals surface area (Å²) in [6.45, 7) is 1.76. The second-order valence-electron chi connectivity index (χ2n) is 5.57. The summed E-state index contributed by atoms with van der Waals surface area (Å²) in [5.74, 6) is 0.467. The van der Waals surface area contributed by atoms with Crippen LogP contribution in [0.2, 0.25) is 0 Å². The van der Waals surface area contributed by atoms with Crippen molar-refractivity contribution in [2.75, 3.05) is 21.3 Å². The number of aromatic nitrogens is 2. The molecule has 142 valence electrons. The predicted octanol–water partition coefficient (Wildman–Crippen LogP) is 2.45. The first-order chi connectivity index (χ1) is 13.0. The molecule has 8 nitrogen and oxygen atoms in total. The maximum Gasteiger partial charge on any atom is 0.338 e. The monoisotopic (exact) mass is 390 g/mol. The zero-order valence-electron chi connectivity index (χ0n) is 15.3. The van der Waals surface area contributed by atoms with Crippen LogP contribution in [0.5, 0.6) is 17.2 Å². The van der Waals surface area contributed by atoms with E-state index in [1.165, 1.54) is 55.3 Å².